The van der Waals surface area contributed by atoms with E-state index in [0.29, 0.717) is 11.3 Å². The molecular weight excluding hydrogens is 386 g/mol. The third-order valence-electron chi connectivity index (χ3n) is 4.48. The summed E-state index contributed by atoms with van der Waals surface area (Å²) < 4.78 is 11.2. The van der Waals surface area contributed by atoms with E-state index < -0.39 is 12.2 Å². The molecule has 1 aliphatic heterocycles. The number of amides is 2. The van der Waals surface area contributed by atoms with Gasteiger partial charge in [0.2, 0.25) is 23.9 Å². The lowest BCUT2D eigenvalue weighted by Gasteiger charge is -2.27. The fourth-order valence-electron chi connectivity index (χ4n) is 3.05. The van der Waals surface area contributed by atoms with Crippen molar-refractivity contribution in [3.8, 4) is 5.75 Å². The van der Waals surface area contributed by atoms with Gasteiger partial charge in [-0.15, -0.1) is 5.10 Å². The van der Waals surface area contributed by atoms with Crippen LogP contribution in [0.5, 0.6) is 5.75 Å². The summed E-state index contributed by atoms with van der Waals surface area (Å²) in [6.07, 6.45) is -0.826. The Morgan fingerprint density at radius 1 is 1.07 bits per heavy atom. The van der Waals surface area contributed by atoms with Gasteiger partial charge in [0.15, 0.2) is 0 Å². The van der Waals surface area contributed by atoms with Crippen molar-refractivity contribution in [2.45, 2.75) is 33.9 Å². The van der Waals surface area contributed by atoms with E-state index in [1.807, 2.05) is 31.2 Å². The molecule has 1 aliphatic rings. The molecule has 0 bridgehead atoms. The molecular formula is C22H23N3O5. The lowest BCUT2D eigenvalue weighted by Crippen LogP contribution is -2.44. The minimum atomic E-state index is -0.826. The SMILES string of the molecule is CC(=O)Oc1ccccc1C1=NN(C(C)=O)[C@@H](CN(C(C)=O)c2ccc(C)cc2)O1. The first-order chi connectivity index (χ1) is 14.3. The maximum atomic E-state index is 12.3. The Morgan fingerprint density at radius 3 is 2.33 bits per heavy atom. The first kappa shape index (κ1) is 21.0. The number of carbonyl (C=O) groups is 3. The van der Waals surface area contributed by atoms with Crippen molar-refractivity contribution in [3.05, 3.63) is 59.7 Å². The number of hydrogen-bond acceptors (Lipinski definition) is 6. The van der Waals surface area contributed by atoms with Crippen molar-refractivity contribution < 1.29 is 23.9 Å². The van der Waals surface area contributed by atoms with Crippen LogP contribution in [0, 0.1) is 6.92 Å². The molecule has 0 radical (unpaired) electrons. The summed E-state index contributed by atoms with van der Waals surface area (Å²) in [5.41, 5.74) is 2.19. The molecule has 1 atom stereocenters. The molecule has 8 heteroatoms. The minimum Gasteiger partial charge on any atom is -0.448 e. The third-order valence-corrected chi connectivity index (χ3v) is 4.48. The van der Waals surface area contributed by atoms with Gasteiger partial charge in [-0.05, 0) is 31.2 Å². The maximum Gasteiger partial charge on any atom is 0.308 e. The molecule has 0 unspecified atom stereocenters. The van der Waals surface area contributed by atoms with E-state index in [0.717, 1.165) is 5.56 Å². The monoisotopic (exact) mass is 409 g/mol. The first-order valence-electron chi connectivity index (χ1n) is 9.44. The van der Waals surface area contributed by atoms with Crippen molar-refractivity contribution in [1.82, 2.24) is 5.01 Å². The topological polar surface area (TPSA) is 88.5 Å². The van der Waals surface area contributed by atoms with Crippen LogP contribution in [0.25, 0.3) is 0 Å². The van der Waals surface area contributed by atoms with E-state index in [9.17, 15) is 14.4 Å². The van der Waals surface area contributed by atoms with Crippen LogP contribution in [0.3, 0.4) is 0 Å². The van der Waals surface area contributed by atoms with Crippen LogP contribution in [0.15, 0.2) is 53.6 Å². The Labute approximate surface area is 174 Å². The summed E-state index contributed by atoms with van der Waals surface area (Å²) in [7, 11) is 0. The van der Waals surface area contributed by atoms with E-state index in [1.165, 1.54) is 30.7 Å². The van der Waals surface area contributed by atoms with Crippen molar-refractivity contribution in [2.24, 2.45) is 5.10 Å². The number of carbonyl (C=O) groups excluding carboxylic acids is 3. The summed E-state index contributed by atoms with van der Waals surface area (Å²) in [5.74, 6) is -0.607. The van der Waals surface area contributed by atoms with Crippen LogP contribution < -0.4 is 9.64 Å². The largest absolute Gasteiger partial charge is 0.448 e. The van der Waals surface area contributed by atoms with Crippen LogP contribution in [-0.4, -0.2) is 41.5 Å². The van der Waals surface area contributed by atoms with Crippen LogP contribution in [0.2, 0.25) is 0 Å². The predicted octanol–water partition coefficient (Wildman–Crippen LogP) is 2.84. The zero-order valence-corrected chi connectivity index (χ0v) is 17.3. The predicted molar refractivity (Wildman–Crippen MR) is 111 cm³/mol. The fourth-order valence-corrected chi connectivity index (χ4v) is 3.05. The smallest absolute Gasteiger partial charge is 0.308 e. The van der Waals surface area contributed by atoms with Gasteiger partial charge in [-0.2, -0.15) is 5.01 Å². The number of hydrogen-bond donors (Lipinski definition) is 0. The maximum absolute atomic E-state index is 12.3. The second kappa shape index (κ2) is 8.77. The molecule has 3 rings (SSSR count). The van der Waals surface area contributed by atoms with Gasteiger partial charge in [-0.1, -0.05) is 29.8 Å². The molecule has 0 saturated carbocycles. The van der Waals surface area contributed by atoms with Crippen molar-refractivity contribution >= 4 is 29.4 Å². The van der Waals surface area contributed by atoms with Gasteiger partial charge in [0.05, 0.1) is 12.1 Å². The van der Waals surface area contributed by atoms with Crippen molar-refractivity contribution in [2.75, 3.05) is 11.4 Å². The molecule has 156 valence electrons. The summed E-state index contributed by atoms with van der Waals surface area (Å²) in [4.78, 5) is 37.4. The highest BCUT2D eigenvalue weighted by atomic mass is 16.5. The van der Waals surface area contributed by atoms with Crippen LogP contribution in [-0.2, 0) is 19.1 Å². The summed E-state index contributed by atoms with van der Waals surface area (Å²) in [6, 6.07) is 14.2. The van der Waals surface area contributed by atoms with Gasteiger partial charge >= 0.3 is 5.97 Å². The Morgan fingerprint density at radius 2 is 1.73 bits per heavy atom. The number of aryl methyl sites for hydroxylation is 1. The average molecular weight is 409 g/mol. The number of hydrazone groups is 1. The van der Waals surface area contributed by atoms with Crippen molar-refractivity contribution in [1.29, 1.82) is 0 Å². The molecule has 0 N–H and O–H groups in total. The average Bonchev–Trinajstić information content (AvgIpc) is 3.11. The minimum absolute atomic E-state index is 0.0840. The van der Waals surface area contributed by atoms with Gasteiger partial charge in [0.25, 0.3) is 0 Å². The van der Waals surface area contributed by atoms with Gasteiger partial charge in [-0.25, -0.2) is 0 Å². The Balaban J connectivity index is 1.89. The standard InChI is InChI=1S/C22H23N3O5/c1-14-9-11-18(12-10-14)24(15(2)26)13-21-25(16(3)27)23-22(30-21)19-7-5-6-8-20(19)29-17(4)28/h5-12,21H,13H2,1-4H3/t21-/m1/s1. The second-order valence-corrected chi connectivity index (χ2v) is 6.90. The molecule has 0 saturated heterocycles. The second-order valence-electron chi connectivity index (χ2n) is 6.90. The summed E-state index contributed by atoms with van der Waals surface area (Å²) >= 11 is 0. The molecule has 1 heterocycles. The zero-order chi connectivity index (χ0) is 21.8. The first-order valence-corrected chi connectivity index (χ1v) is 9.44. The Hall–Kier alpha value is -3.68. The highest BCUT2D eigenvalue weighted by molar-refractivity contribution is 5.99. The lowest BCUT2D eigenvalue weighted by atomic mass is 10.2. The number of rotatable bonds is 5. The van der Waals surface area contributed by atoms with Crippen molar-refractivity contribution in [3.63, 3.8) is 0 Å². The van der Waals surface area contributed by atoms with Gasteiger partial charge in [-0.3, -0.25) is 14.4 Å². The lowest BCUT2D eigenvalue weighted by molar-refractivity contribution is -0.135. The van der Waals surface area contributed by atoms with E-state index >= 15 is 0 Å². The molecule has 2 aromatic rings. The molecule has 0 spiro atoms. The highest BCUT2D eigenvalue weighted by Gasteiger charge is 2.35. The molecule has 2 aromatic carbocycles. The zero-order valence-electron chi connectivity index (χ0n) is 17.3. The molecule has 30 heavy (non-hydrogen) atoms. The normalized spacial score (nSPS) is 15.3. The third kappa shape index (κ3) is 4.65. The molecule has 0 fully saturated rings. The summed E-state index contributed by atoms with van der Waals surface area (Å²) in [6.45, 7) is 6.15. The van der Waals surface area contributed by atoms with E-state index in [-0.39, 0.29) is 30.0 Å². The number of ether oxygens (including phenoxy) is 2. The van der Waals surface area contributed by atoms with E-state index in [1.54, 1.807) is 24.3 Å². The quantitative estimate of drug-likeness (QED) is 0.560. The van der Waals surface area contributed by atoms with Gasteiger partial charge in [0.1, 0.15) is 5.75 Å². The number of benzene rings is 2. The molecule has 2 amide bonds. The van der Waals surface area contributed by atoms with E-state index in [4.69, 9.17) is 9.47 Å². The van der Waals surface area contributed by atoms with E-state index in [2.05, 4.69) is 5.10 Å². The number of para-hydroxylation sites is 1. The van der Waals surface area contributed by atoms with Crippen LogP contribution >= 0.6 is 0 Å². The van der Waals surface area contributed by atoms with Gasteiger partial charge in [0, 0.05) is 26.5 Å². The Bertz CT molecular complexity index is 1000. The number of nitrogens with zero attached hydrogens (tertiary/aromatic N) is 3. The molecule has 8 nitrogen and oxygen atoms in total. The number of esters is 1. The molecule has 0 aliphatic carbocycles. The Kier molecular flexibility index (Phi) is 6.15. The fraction of sp³-hybridized carbons (Fsp3) is 0.273. The molecule has 0 aromatic heterocycles. The summed E-state index contributed by atoms with van der Waals surface area (Å²) in [5, 5.41) is 5.46. The highest BCUT2D eigenvalue weighted by Crippen LogP contribution is 2.26. The van der Waals surface area contributed by atoms with Crippen LogP contribution in [0.4, 0.5) is 5.69 Å². The van der Waals surface area contributed by atoms with Crippen LogP contribution in [0.1, 0.15) is 31.9 Å². The van der Waals surface area contributed by atoms with Gasteiger partial charge < -0.3 is 14.4 Å². The number of anilines is 1.